The Morgan fingerprint density at radius 2 is 1.84 bits per heavy atom. The molecular weight excluding hydrogens is 423 g/mol. The van der Waals surface area contributed by atoms with Crippen molar-refractivity contribution in [3.8, 4) is 11.5 Å². The number of alkyl halides is 3. The number of carbonyl (C=O) groups excluding carboxylic acids is 1. The standard InChI is InChI=1S/C24H22F3NO4/c1-15(2)20-13-17(4-9-23(20)32-24(25,26)27)14-30-19-7-5-18(6-8-19)21(12-16(3)29)22-10-11-31-28-22/h4-11,13,21H,1,12,14H2,2-3H3/t21-/m0/s1. The minimum atomic E-state index is -4.78. The van der Waals surface area contributed by atoms with Crippen LogP contribution in [-0.4, -0.2) is 17.3 Å². The molecule has 3 aromatic rings. The first-order valence-electron chi connectivity index (χ1n) is 9.79. The number of carbonyl (C=O) groups is 1. The van der Waals surface area contributed by atoms with Crippen molar-refractivity contribution in [1.82, 2.24) is 5.16 Å². The molecular formula is C24H22F3NO4. The summed E-state index contributed by atoms with van der Waals surface area (Å²) in [7, 11) is 0. The molecule has 5 nitrogen and oxygen atoms in total. The monoisotopic (exact) mass is 445 g/mol. The summed E-state index contributed by atoms with van der Waals surface area (Å²) in [5, 5.41) is 3.95. The van der Waals surface area contributed by atoms with Gasteiger partial charge in [-0.3, -0.25) is 4.79 Å². The fraction of sp³-hybridized carbons (Fsp3) is 0.250. The number of ether oxygens (including phenoxy) is 2. The van der Waals surface area contributed by atoms with E-state index < -0.39 is 6.36 Å². The van der Waals surface area contributed by atoms with Crippen LogP contribution in [0.3, 0.4) is 0 Å². The molecule has 1 aromatic heterocycles. The zero-order valence-corrected chi connectivity index (χ0v) is 17.6. The Hall–Kier alpha value is -3.55. The molecule has 0 unspecified atom stereocenters. The van der Waals surface area contributed by atoms with E-state index in [4.69, 9.17) is 9.26 Å². The van der Waals surface area contributed by atoms with Gasteiger partial charge in [-0.05, 0) is 54.8 Å². The smallest absolute Gasteiger partial charge is 0.489 e. The zero-order valence-electron chi connectivity index (χ0n) is 17.6. The maximum Gasteiger partial charge on any atom is 0.573 e. The van der Waals surface area contributed by atoms with Gasteiger partial charge in [0.25, 0.3) is 0 Å². The van der Waals surface area contributed by atoms with E-state index in [1.807, 2.05) is 12.1 Å². The molecule has 168 valence electrons. The van der Waals surface area contributed by atoms with E-state index in [0.717, 1.165) is 5.56 Å². The summed E-state index contributed by atoms with van der Waals surface area (Å²) < 4.78 is 52.6. The molecule has 0 saturated carbocycles. The van der Waals surface area contributed by atoms with Crippen LogP contribution < -0.4 is 9.47 Å². The second kappa shape index (κ2) is 9.72. The third-order valence-electron chi connectivity index (χ3n) is 4.72. The molecule has 0 fully saturated rings. The molecule has 0 bridgehead atoms. The summed E-state index contributed by atoms with van der Waals surface area (Å²) in [6, 6.07) is 13.3. The Balaban J connectivity index is 1.71. The quantitative estimate of drug-likeness (QED) is 0.387. The molecule has 0 N–H and O–H groups in total. The number of hydrogen-bond donors (Lipinski definition) is 0. The van der Waals surface area contributed by atoms with Crippen molar-refractivity contribution in [3.05, 3.63) is 83.8 Å². The first-order valence-corrected chi connectivity index (χ1v) is 9.79. The lowest BCUT2D eigenvalue weighted by Gasteiger charge is -2.16. The number of Topliss-reactive ketones (excluding diaryl/α,β-unsaturated/α-hetero) is 1. The fourth-order valence-corrected chi connectivity index (χ4v) is 3.26. The largest absolute Gasteiger partial charge is 0.573 e. The number of allylic oxidation sites excluding steroid dienone is 1. The Labute approximate surface area is 183 Å². The van der Waals surface area contributed by atoms with Crippen LogP contribution in [0.1, 0.15) is 48.6 Å². The van der Waals surface area contributed by atoms with E-state index >= 15 is 0 Å². The Morgan fingerprint density at radius 1 is 1.12 bits per heavy atom. The molecule has 0 radical (unpaired) electrons. The summed E-state index contributed by atoms with van der Waals surface area (Å²) in [5.41, 5.74) is 2.93. The molecule has 0 aliphatic heterocycles. The van der Waals surface area contributed by atoms with Gasteiger partial charge in [-0.1, -0.05) is 29.9 Å². The van der Waals surface area contributed by atoms with E-state index in [2.05, 4.69) is 16.5 Å². The van der Waals surface area contributed by atoms with Crippen LogP contribution in [0.2, 0.25) is 0 Å². The van der Waals surface area contributed by atoms with Crippen LogP contribution in [-0.2, 0) is 11.4 Å². The average molecular weight is 445 g/mol. The predicted molar refractivity (Wildman–Crippen MR) is 112 cm³/mol. The Morgan fingerprint density at radius 3 is 2.41 bits per heavy atom. The van der Waals surface area contributed by atoms with Gasteiger partial charge >= 0.3 is 6.36 Å². The maximum atomic E-state index is 12.6. The third-order valence-corrected chi connectivity index (χ3v) is 4.72. The van der Waals surface area contributed by atoms with Gasteiger partial charge in [-0.25, -0.2) is 0 Å². The van der Waals surface area contributed by atoms with E-state index in [1.54, 1.807) is 31.2 Å². The van der Waals surface area contributed by atoms with Gasteiger partial charge in [0.2, 0.25) is 0 Å². The van der Waals surface area contributed by atoms with Crippen LogP contribution in [0.15, 0.2) is 65.9 Å². The van der Waals surface area contributed by atoms with Crippen LogP contribution >= 0.6 is 0 Å². The molecule has 0 amide bonds. The molecule has 0 saturated heterocycles. The molecule has 8 heteroatoms. The molecule has 0 aliphatic rings. The number of ketones is 1. The van der Waals surface area contributed by atoms with Crippen LogP contribution in [0.4, 0.5) is 13.2 Å². The van der Waals surface area contributed by atoms with Crippen molar-refractivity contribution >= 4 is 11.4 Å². The van der Waals surface area contributed by atoms with Gasteiger partial charge in [-0.15, -0.1) is 13.2 Å². The van der Waals surface area contributed by atoms with Crippen molar-refractivity contribution < 1.29 is 32.0 Å². The summed E-state index contributed by atoms with van der Waals surface area (Å²) in [4.78, 5) is 11.7. The van der Waals surface area contributed by atoms with E-state index in [1.165, 1.54) is 25.3 Å². The maximum absolute atomic E-state index is 12.6. The number of rotatable bonds is 9. The van der Waals surface area contributed by atoms with Crippen molar-refractivity contribution in [3.63, 3.8) is 0 Å². The number of aromatic nitrogens is 1. The van der Waals surface area contributed by atoms with E-state index in [-0.39, 0.29) is 29.6 Å². The highest BCUT2D eigenvalue weighted by Gasteiger charge is 2.32. The second-order valence-electron chi connectivity index (χ2n) is 7.40. The minimum Gasteiger partial charge on any atom is -0.489 e. The predicted octanol–water partition coefficient (Wildman–Crippen LogP) is 6.30. The summed E-state index contributed by atoms with van der Waals surface area (Å²) in [5.74, 6) is 0.0784. The van der Waals surface area contributed by atoms with Crippen LogP contribution in [0, 0.1) is 0 Å². The van der Waals surface area contributed by atoms with E-state index in [9.17, 15) is 18.0 Å². The highest BCUT2D eigenvalue weighted by atomic mass is 19.4. The van der Waals surface area contributed by atoms with Crippen molar-refractivity contribution in [2.24, 2.45) is 0 Å². The molecule has 3 rings (SSSR count). The Kier molecular flexibility index (Phi) is 7.02. The number of benzene rings is 2. The molecule has 2 aromatic carbocycles. The van der Waals surface area contributed by atoms with Gasteiger partial charge in [0.1, 0.15) is 30.2 Å². The first-order chi connectivity index (χ1) is 15.1. The molecule has 0 aliphatic carbocycles. The lowest BCUT2D eigenvalue weighted by molar-refractivity contribution is -0.274. The first kappa shape index (κ1) is 23.1. The van der Waals surface area contributed by atoms with Crippen molar-refractivity contribution in [2.45, 2.75) is 39.2 Å². The molecule has 1 atom stereocenters. The minimum absolute atomic E-state index is 0.0320. The highest BCUT2D eigenvalue weighted by molar-refractivity contribution is 5.77. The van der Waals surface area contributed by atoms with Crippen LogP contribution in [0.5, 0.6) is 11.5 Å². The normalized spacial score (nSPS) is 12.3. The number of halogens is 3. The van der Waals surface area contributed by atoms with Gasteiger partial charge in [0.05, 0.1) is 5.69 Å². The molecule has 32 heavy (non-hydrogen) atoms. The lowest BCUT2D eigenvalue weighted by Crippen LogP contribution is -2.18. The summed E-state index contributed by atoms with van der Waals surface area (Å²) in [6.07, 6.45) is -3.02. The van der Waals surface area contributed by atoms with Gasteiger partial charge in [0, 0.05) is 24.0 Å². The third kappa shape index (κ3) is 6.23. The van der Waals surface area contributed by atoms with Gasteiger partial charge in [-0.2, -0.15) is 0 Å². The SMILES string of the molecule is C=C(C)c1cc(COc2ccc([C@H](CC(C)=O)c3ccon3)cc2)ccc1OC(F)(F)F. The van der Waals surface area contributed by atoms with E-state index in [0.29, 0.717) is 29.0 Å². The van der Waals surface area contributed by atoms with Crippen LogP contribution in [0.25, 0.3) is 5.57 Å². The number of hydrogen-bond acceptors (Lipinski definition) is 5. The van der Waals surface area contributed by atoms with Crippen molar-refractivity contribution in [2.75, 3.05) is 0 Å². The van der Waals surface area contributed by atoms with Gasteiger partial charge < -0.3 is 14.0 Å². The summed E-state index contributed by atoms with van der Waals surface area (Å²) >= 11 is 0. The highest BCUT2D eigenvalue weighted by Crippen LogP contribution is 2.32. The van der Waals surface area contributed by atoms with Gasteiger partial charge in [0.15, 0.2) is 0 Å². The molecule has 0 spiro atoms. The topological polar surface area (TPSA) is 61.6 Å². The Bertz CT molecular complexity index is 1070. The lowest BCUT2D eigenvalue weighted by atomic mass is 9.91. The second-order valence-corrected chi connectivity index (χ2v) is 7.40. The summed E-state index contributed by atoms with van der Waals surface area (Å²) in [6.45, 7) is 6.99. The average Bonchev–Trinajstić information content (AvgIpc) is 3.25. The number of nitrogens with zero attached hydrogens (tertiary/aromatic N) is 1. The fourth-order valence-electron chi connectivity index (χ4n) is 3.26. The zero-order chi connectivity index (χ0) is 23.3. The van der Waals surface area contributed by atoms with Crippen molar-refractivity contribution in [1.29, 1.82) is 0 Å². The molecule has 1 heterocycles.